The zero-order chi connectivity index (χ0) is 18.8. The van der Waals surface area contributed by atoms with E-state index in [1.165, 1.54) is 23.1 Å². The van der Waals surface area contributed by atoms with Gasteiger partial charge in [0.25, 0.3) is 0 Å². The zero-order valence-corrected chi connectivity index (χ0v) is 14.2. The number of benzene rings is 2. The predicted octanol–water partition coefficient (Wildman–Crippen LogP) is 3.43. The number of nitrogens with zero attached hydrogens (tertiary/aromatic N) is 1. The Morgan fingerprint density at radius 1 is 1.15 bits per heavy atom. The lowest BCUT2D eigenvalue weighted by Gasteiger charge is -2.17. The average Bonchev–Trinajstić information content (AvgIpc) is 2.98. The first-order valence-corrected chi connectivity index (χ1v) is 8.20. The van der Waals surface area contributed by atoms with E-state index in [0.29, 0.717) is 5.69 Å². The molecule has 1 fully saturated rings. The molecule has 0 bridgehead atoms. The highest BCUT2D eigenvalue weighted by Crippen LogP contribution is 2.28. The lowest BCUT2D eigenvalue weighted by atomic mass is 10.1. The molecule has 1 atom stereocenters. The number of halogens is 4. The van der Waals surface area contributed by atoms with Crippen LogP contribution in [0.3, 0.4) is 0 Å². The van der Waals surface area contributed by atoms with Gasteiger partial charge >= 0.3 is 0 Å². The Hall–Kier alpha value is -2.54. The molecule has 0 spiro atoms. The second-order valence-electron chi connectivity index (χ2n) is 5.96. The number of hydrogen-bond donors (Lipinski definition) is 1. The number of amides is 2. The van der Waals surface area contributed by atoms with Crippen LogP contribution in [0.1, 0.15) is 12.0 Å². The van der Waals surface area contributed by atoms with Crippen LogP contribution in [-0.2, 0) is 16.1 Å². The lowest BCUT2D eigenvalue weighted by Crippen LogP contribution is -2.32. The Morgan fingerprint density at radius 2 is 1.92 bits per heavy atom. The van der Waals surface area contributed by atoms with Crippen molar-refractivity contribution in [3.8, 4) is 0 Å². The van der Waals surface area contributed by atoms with E-state index in [9.17, 15) is 22.8 Å². The first-order chi connectivity index (χ1) is 12.3. The summed E-state index contributed by atoms with van der Waals surface area (Å²) >= 11 is 5.73. The summed E-state index contributed by atoms with van der Waals surface area (Å²) in [5.74, 6) is -3.39. The number of carbonyl (C=O) groups excluding carboxylic acids is 2. The summed E-state index contributed by atoms with van der Waals surface area (Å²) in [5.41, 5.74) is 0.549. The van der Waals surface area contributed by atoms with Gasteiger partial charge < -0.3 is 10.2 Å². The van der Waals surface area contributed by atoms with Crippen molar-refractivity contribution in [2.45, 2.75) is 13.0 Å². The van der Waals surface area contributed by atoms with E-state index >= 15 is 0 Å². The van der Waals surface area contributed by atoms with Crippen molar-refractivity contribution in [2.24, 2.45) is 5.92 Å². The quantitative estimate of drug-likeness (QED) is 0.880. The predicted molar refractivity (Wildman–Crippen MR) is 90.1 cm³/mol. The third kappa shape index (κ3) is 3.83. The fraction of sp³-hybridized carbons (Fsp3) is 0.222. The standard InChI is InChI=1S/C18H14ClF3N2O2/c19-14-7-13(3-4-15(14)21)24-9-11(5-17(24)25)18(26)23-8-10-1-2-12(20)6-16(10)22/h1-4,6-7,11H,5,8-9H2,(H,23,26)/t11-/m1/s1. The van der Waals surface area contributed by atoms with Crippen LogP contribution in [0.25, 0.3) is 0 Å². The molecule has 3 rings (SSSR count). The van der Waals surface area contributed by atoms with Crippen LogP contribution in [0.2, 0.25) is 5.02 Å². The minimum atomic E-state index is -0.754. The minimum absolute atomic E-state index is 0.0211. The number of anilines is 1. The van der Waals surface area contributed by atoms with Crippen LogP contribution in [-0.4, -0.2) is 18.4 Å². The Morgan fingerprint density at radius 3 is 2.62 bits per heavy atom. The van der Waals surface area contributed by atoms with E-state index in [4.69, 9.17) is 11.6 Å². The van der Waals surface area contributed by atoms with Gasteiger partial charge in [0.15, 0.2) is 0 Å². The van der Waals surface area contributed by atoms with E-state index in [2.05, 4.69) is 5.32 Å². The zero-order valence-electron chi connectivity index (χ0n) is 13.4. The molecular formula is C18H14ClF3N2O2. The molecule has 1 saturated heterocycles. The Balaban J connectivity index is 1.64. The van der Waals surface area contributed by atoms with Crippen molar-refractivity contribution in [2.75, 3.05) is 11.4 Å². The molecule has 1 aliphatic heterocycles. The van der Waals surface area contributed by atoms with Crippen molar-refractivity contribution in [3.63, 3.8) is 0 Å². The molecule has 0 aromatic heterocycles. The second-order valence-corrected chi connectivity index (χ2v) is 6.36. The third-order valence-corrected chi connectivity index (χ3v) is 4.47. The summed E-state index contributed by atoms with van der Waals surface area (Å²) in [7, 11) is 0. The molecule has 0 unspecified atom stereocenters. The first kappa shape index (κ1) is 18.3. The summed E-state index contributed by atoms with van der Waals surface area (Å²) in [6.45, 7) is -0.00343. The van der Waals surface area contributed by atoms with Gasteiger partial charge in [-0.2, -0.15) is 0 Å². The van der Waals surface area contributed by atoms with Crippen LogP contribution < -0.4 is 10.2 Å². The molecule has 2 aromatic rings. The van der Waals surface area contributed by atoms with Gasteiger partial charge in [0.1, 0.15) is 17.5 Å². The normalized spacial score (nSPS) is 16.8. The molecule has 8 heteroatoms. The van der Waals surface area contributed by atoms with Gasteiger partial charge in [-0.05, 0) is 24.3 Å². The van der Waals surface area contributed by atoms with Gasteiger partial charge in [0.2, 0.25) is 11.8 Å². The molecule has 1 aliphatic rings. The van der Waals surface area contributed by atoms with Crippen molar-refractivity contribution in [1.29, 1.82) is 0 Å². The SMILES string of the molecule is O=C(NCc1ccc(F)cc1F)[C@@H]1CC(=O)N(c2ccc(F)c(Cl)c2)C1. The molecule has 1 heterocycles. The number of rotatable bonds is 4. The molecule has 0 radical (unpaired) electrons. The third-order valence-electron chi connectivity index (χ3n) is 4.18. The smallest absolute Gasteiger partial charge is 0.227 e. The highest BCUT2D eigenvalue weighted by atomic mass is 35.5. The monoisotopic (exact) mass is 382 g/mol. The van der Waals surface area contributed by atoms with E-state index < -0.39 is 29.3 Å². The van der Waals surface area contributed by atoms with Gasteiger partial charge in [-0.15, -0.1) is 0 Å². The second kappa shape index (κ2) is 7.37. The molecule has 136 valence electrons. The fourth-order valence-corrected chi connectivity index (χ4v) is 2.95. The highest BCUT2D eigenvalue weighted by Gasteiger charge is 2.35. The van der Waals surface area contributed by atoms with Gasteiger partial charge in [0, 0.05) is 36.8 Å². The summed E-state index contributed by atoms with van der Waals surface area (Å²) in [4.78, 5) is 25.8. The topological polar surface area (TPSA) is 49.4 Å². The van der Waals surface area contributed by atoms with E-state index in [1.807, 2.05) is 0 Å². The maximum Gasteiger partial charge on any atom is 0.227 e. The fourth-order valence-electron chi connectivity index (χ4n) is 2.78. The summed E-state index contributed by atoms with van der Waals surface area (Å²) in [6, 6.07) is 6.97. The van der Waals surface area contributed by atoms with Crippen LogP contribution in [0.4, 0.5) is 18.9 Å². The van der Waals surface area contributed by atoms with Crippen LogP contribution >= 0.6 is 11.6 Å². The molecule has 2 aromatic carbocycles. The number of carbonyl (C=O) groups is 2. The van der Waals surface area contributed by atoms with E-state index in [-0.39, 0.29) is 36.0 Å². The molecule has 0 aliphatic carbocycles. The summed E-state index contributed by atoms with van der Waals surface area (Å²) < 4.78 is 39.7. The lowest BCUT2D eigenvalue weighted by molar-refractivity contribution is -0.126. The molecule has 1 N–H and O–H groups in total. The van der Waals surface area contributed by atoms with E-state index in [1.54, 1.807) is 0 Å². The van der Waals surface area contributed by atoms with Crippen molar-refractivity contribution in [1.82, 2.24) is 5.32 Å². The number of hydrogen-bond acceptors (Lipinski definition) is 2. The maximum atomic E-state index is 13.6. The van der Waals surface area contributed by atoms with Crippen LogP contribution in [0.15, 0.2) is 36.4 Å². The Kier molecular flexibility index (Phi) is 5.18. The average molecular weight is 383 g/mol. The summed E-state index contributed by atoms with van der Waals surface area (Å²) in [5, 5.41) is 2.43. The Bertz CT molecular complexity index is 876. The van der Waals surface area contributed by atoms with Crippen molar-refractivity contribution < 1.29 is 22.8 Å². The van der Waals surface area contributed by atoms with Gasteiger partial charge in [-0.1, -0.05) is 17.7 Å². The summed E-state index contributed by atoms with van der Waals surface area (Å²) in [6.07, 6.45) is -0.0211. The van der Waals surface area contributed by atoms with Crippen LogP contribution in [0, 0.1) is 23.4 Å². The molecule has 0 saturated carbocycles. The Labute approximate surface area is 152 Å². The largest absolute Gasteiger partial charge is 0.352 e. The minimum Gasteiger partial charge on any atom is -0.352 e. The van der Waals surface area contributed by atoms with Crippen LogP contribution in [0.5, 0.6) is 0 Å². The van der Waals surface area contributed by atoms with Crippen molar-refractivity contribution in [3.05, 3.63) is 64.4 Å². The van der Waals surface area contributed by atoms with Crippen molar-refractivity contribution >= 4 is 29.1 Å². The molecular weight excluding hydrogens is 369 g/mol. The molecule has 2 amide bonds. The number of nitrogens with one attached hydrogen (secondary N) is 1. The maximum absolute atomic E-state index is 13.6. The van der Waals surface area contributed by atoms with Gasteiger partial charge in [-0.25, -0.2) is 13.2 Å². The first-order valence-electron chi connectivity index (χ1n) is 7.82. The van der Waals surface area contributed by atoms with Gasteiger partial charge in [-0.3, -0.25) is 9.59 Å². The highest BCUT2D eigenvalue weighted by molar-refractivity contribution is 6.31. The van der Waals surface area contributed by atoms with E-state index in [0.717, 1.165) is 18.2 Å². The molecule has 4 nitrogen and oxygen atoms in total. The van der Waals surface area contributed by atoms with Gasteiger partial charge in [0.05, 0.1) is 10.9 Å². The molecule has 26 heavy (non-hydrogen) atoms.